The number of amidine groups is 1. The Morgan fingerprint density at radius 2 is 1.35 bits per heavy atom. The van der Waals surface area contributed by atoms with Crippen molar-refractivity contribution in [1.29, 1.82) is 5.41 Å². The van der Waals surface area contributed by atoms with Crippen LogP contribution in [0.4, 0.5) is 0 Å². The lowest BCUT2D eigenvalue weighted by atomic mass is 10.1. The maximum Gasteiger partial charge on any atom is 0.300 e. The van der Waals surface area contributed by atoms with Crippen molar-refractivity contribution in [3.05, 3.63) is 59.2 Å². The first-order valence-corrected chi connectivity index (χ1v) is 10.1. The fourth-order valence-corrected chi connectivity index (χ4v) is 3.37. The van der Waals surface area contributed by atoms with E-state index in [0.717, 1.165) is 63.3 Å². The number of carboxylic acid groups (broad SMARTS) is 1. The fourth-order valence-electron chi connectivity index (χ4n) is 3.37. The molecule has 1 fully saturated rings. The van der Waals surface area contributed by atoms with Gasteiger partial charge in [0, 0.05) is 57.8 Å². The largest absolute Gasteiger partial charge is 0.497 e. The van der Waals surface area contributed by atoms with E-state index in [4.69, 9.17) is 30.5 Å². The first-order valence-electron chi connectivity index (χ1n) is 10.1. The molecule has 31 heavy (non-hydrogen) atoms. The van der Waals surface area contributed by atoms with E-state index in [2.05, 4.69) is 34.1 Å². The number of piperazine rings is 1. The third-order valence-electron chi connectivity index (χ3n) is 4.95. The molecule has 1 saturated heterocycles. The summed E-state index contributed by atoms with van der Waals surface area (Å²) in [5.41, 5.74) is 8.75. The zero-order chi connectivity index (χ0) is 22.8. The van der Waals surface area contributed by atoms with E-state index < -0.39 is 5.97 Å². The molecule has 1 aliphatic heterocycles. The summed E-state index contributed by atoms with van der Waals surface area (Å²) in [6, 6.07) is 14.0. The van der Waals surface area contributed by atoms with Gasteiger partial charge in [0.1, 0.15) is 17.3 Å². The molecule has 1 aliphatic rings. The second-order valence-electron chi connectivity index (χ2n) is 7.40. The number of carbonyl (C=O) groups is 1. The smallest absolute Gasteiger partial charge is 0.300 e. The molecule has 0 atom stereocenters. The molecule has 0 aliphatic carbocycles. The summed E-state index contributed by atoms with van der Waals surface area (Å²) in [5, 5.41) is 14.9. The molecule has 2 aromatic rings. The van der Waals surface area contributed by atoms with Gasteiger partial charge in [0.05, 0.1) is 14.2 Å². The van der Waals surface area contributed by atoms with Crippen LogP contribution in [0.15, 0.2) is 42.5 Å². The fraction of sp³-hybridized carbons (Fsp3) is 0.391. The van der Waals surface area contributed by atoms with E-state index >= 15 is 0 Å². The van der Waals surface area contributed by atoms with Gasteiger partial charge in [0.2, 0.25) is 0 Å². The minimum absolute atomic E-state index is 0.115. The number of nitrogens with zero attached hydrogens (tertiary/aromatic N) is 2. The van der Waals surface area contributed by atoms with Crippen LogP contribution in [0.5, 0.6) is 11.5 Å². The summed E-state index contributed by atoms with van der Waals surface area (Å²) >= 11 is 0. The number of aliphatic carboxylic acids is 1. The van der Waals surface area contributed by atoms with E-state index in [9.17, 15) is 0 Å². The molecule has 0 aromatic heterocycles. The van der Waals surface area contributed by atoms with Crippen LogP contribution in [0.25, 0.3) is 0 Å². The van der Waals surface area contributed by atoms with Crippen LogP contribution in [0.1, 0.15) is 23.6 Å². The molecular weight excluding hydrogens is 396 g/mol. The van der Waals surface area contributed by atoms with E-state index in [1.54, 1.807) is 14.2 Å². The molecule has 8 nitrogen and oxygen atoms in total. The molecule has 0 radical (unpaired) electrons. The molecule has 4 N–H and O–H groups in total. The monoisotopic (exact) mass is 428 g/mol. The normalized spacial score (nSPS) is 14.3. The van der Waals surface area contributed by atoms with Gasteiger partial charge in [0.25, 0.3) is 5.97 Å². The van der Waals surface area contributed by atoms with Crippen LogP contribution in [0.3, 0.4) is 0 Å². The molecular formula is C23H32N4O4. The van der Waals surface area contributed by atoms with E-state index in [1.807, 2.05) is 18.2 Å². The van der Waals surface area contributed by atoms with E-state index in [0.29, 0.717) is 0 Å². The summed E-state index contributed by atoms with van der Waals surface area (Å²) < 4.78 is 10.7. The van der Waals surface area contributed by atoms with Crippen LogP contribution in [-0.2, 0) is 17.9 Å². The molecule has 3 rings (SSSR count). The third kappa shape index (κ3) is 8.27. The van der Waals surface area contributed by atoms with Gasteiger partial charge in [-0.2, -0.15) is 0 Å². The Kier molecular flexibility index (Phi) is 9.30. The van der Waals surface area contributed by atoms with Gasteiger partial charge in [-0.25, -0.2) is 0 Å². The van der Waals surface area contributed by atoms with Gasteiger partial charge in [-0.15, -0.1) is 0 Å². The van der Waals surface area contributed by atoms with Gasteiger partial charge in [0.15, 0.2) is 0 Å². The van der Waals surface area contributed by atoms with Crippen molar-refractivity contribution in [2.24, 2.45) is 5.73 Å². The molecule has 0 amide bonds. The van der Waals surface area contributed by atoms with Gasteiger partial charge in [-0.1, -0.05) is 24.3 Å². The Hall–Kier alpha value is -3.10. The first-order chi connectivity index (χ1) is 14.8. The summed E-state index contributed by atoms with van der Waals surface area (Å²) in [4.78, 5) is 13.9. The number of nitrogens with two attached hydrogens (primary N) is 1. The number of hydrogen-bond donors (Lipinski definition) is 3. The number of rotatable bonds is 7. The summed E-state index contributed by atoms with van der Waals surface area (Å²) in [7, 11) is 3.36. The van der Waals surface area contributed by atoms with Crippen molar-refractivity contribution in [2.45, 2.75) is 20.0 Å². The van der Waals surface area contributed by atoms with Crippen LogP contribution in [0, 0.1) is 5.41 Å². The minimum Gasteiger partial charge on any atom is -0.497 e. The quantitative estimate of drug-likeness (QED) is 0.458. The highest BCUT2D eigenvalue weighted by molar-refractivity contribution is 5.94. The van der Waals surface area contributed by atoms with Gasteiger partial charge in [-0.05, 0) is 23.3 Å². The maximum absolute atomic E-state index is 9.00. The number of nitrogens with one attached hydrogen (secondary N) is 1. The number of benzene rings is 2. The third-order valence-corrected chi connectivity index (χ3v) is 4.95. The van der Waals surface area contributed by atoms with Crippen LogP contribution in [-0.4, -0.2) is 67.1 Å². The van der Waals surface area contributed by atoms with Crippen molar-refractivity contribution in [3.63, 3.8) is 0 Å². The van der Waals surface area contributed by atoms with Crippen LogP contribution in [0.2, 0.25) is 0 Å². The van der Waals surface area contributed by atoms with Crippen molar-refractivity contribution < 1.29 is 19.4 Å². The molecule has 2 aromatic carbocycles. The Bertz CT molecular complexity index is 836. The number of nitrogen functional groups attached to an aromatic ring is 1. The van der Waals surface area contributed by atoms with Crippen molar-refractivity contribution in [3.8, 4) is 11.5 Å². The van der Waals surface area contributed by atoms with Crippen molar-refractivity contribution >= 4 is 11.8 Å². The lowest BCUT2D eigenvalue weighted by Gasteiger charge is -2.34. The van der Waals surface area contributed by atoms with Crippen LogP contribution >= 0.6 is 0 Å². The average molecular weight is 429 g/mol. The molecule has 0 bridgehead atoms. The second kappa shape index (κ2) is 11.9. The van der Waals surface area contributed by atoms with Crippen molar-refractivity contribution in [2.75, 3.05) is 40.4 Å². The van der Waals surface area contributed by atoms with E-state index in [1.165, 1.54) is 11.1 Å². The van der Waals surface area contributed by atoms with Crippen molar-refractivity contribution in [1.82, 2.24) is 9.80 Å². The molecule has 168 valence electrons. The minimum atomic E-state index is -0.833. The van der Waals surface area contributed by atoms with E-state index in [-0.39, 0.29) is 5.84 Å². The molecule has 0 unspecified atom stereocenters. The number of methoxy groups -OCH3 is 2. The SMILES string of the molecule is CC(=O)O.COc1cc(CN2CCN(Cc3ccc(C(=N)N)cc3)CC2)cc(OC)c1. The zero-order valence-electron chi connectivity index (χ0n) is 18.4. The number of carboxylic acids is 1. The Labute approximate surface area is 183 Å². The average Bonchev–Trinajstić information content (AvgIpc) is 2.75. The van der Waals surface area contributed by atoms with Crippen LogP contribution < -0.4 is 15.2 Å². The Morgan fingerprint density at radius 3 is 1.74 bits per heavy atom. The summed E-state index contributed by atoms with van der Waals surface area (Å²) in [5.74, 6) is 0.943. The lowest BCUT2D eigenvalue weighted by Crippen LogP contribution is -2.45. The van der Waals surface area contributed by atoms with Gasteiger partial charge in [-0.3, -0.25) is 20.0 Å². The highest BCUT2D eigenvalue weighted by Crippen LogP contribution is 2.24. The Balaban J connectivity index is 0.000000785. The first kappa shape index (κ1) is 24.2. The molecule has 0 saturated carbocycles. The molecule has 0 spiro atoms. The number of ether oxygens (including phenoxy) is 2. The molecule has 1 heterocycles. The maximum atomic E-state index is 9.00. The highest BCUT2D eigenvalue weighted by Gasteiger charge is 2.17. The highest BCUT2D eigenvalue weighted by atomic mass is 16.5. The summed E-state index contributed by atoms with van der Waals surface area (Å²) in [6.07, 6.45) is 0. The van der Waals surface area contributed by atoms with Gasteiger partial charge >= 0.3 is 0 Å². The van der Waals surface area contributed by atoms with Gasteiger partial charge < -0.3 is 20.3 Å². The predicted molar refractivity (Wildman–Crippen MR) is 121 cm³/mol. The standard InChI is InChI=1S/C21H28N4O2.C2H4O2/c1-26-19-11-17(12-20(13-19)27-2)15-25-9-7-24(8-10-25)14-16-3-5-18(6-4-16)21(22)23;1-2(3)4/h3-6,11-13H,7-10,14-15H2,1-2H3,(H3,22,23);1H3,(H,3,4). The zero-order valence-corrected chi connectivity index (χ0v) is 18.4. The lowest BCUT2D eigenvalue weighted by molar-refractivity contribution is -0.134. The Morgan fingerprint density at radius 1 is 0.935 bits per heavy atom. The topological polar surface area (TPSA) is 112 Å². The summed E-state index contributed by atoms with van der Waals surface area (Å²) in [6.45, 7) is 7.05. The molecule has 8 heteroatoms. The second-order valence-corrected chi connectivity index (χ2v) is 7.40. The number of hydrogen-bond acceptors (Lipinski definition) is 6. The predicted octanol–water partition coefficient (Wildman–Crippen LogP) is 2.40.